The summed E-state index contributed by atoms with van der Waals surface area (Å²) in [6.07, 6.45) is -1.48. The van der Waals surface area contributed by atoms with Gasteiger partial charge >= 0.3 is 12.1 Å². The molecule has 0 aliphatic rings. The van der Waals surface area contributed by atoms with Gasteiger partial charge < -0.3 is 34.0 Å². The summed E-state index contributed by atoms with van der Waals surface area (Å²) in [4.78, 5) is 41.3. The first-order chi connectivity index (χ1) is 19.8. The Kier molecular flexibility index (Phi) is 9.67. The minimum Gasteiger partial charge on any atom is -0.506 e. The zero-order valence-electron chi connectivity index (χ0n) is 26.1. The molecule has 1 aromatic heterocycles. The summed E-state index contributed by atoms with van der Waals surface area (Å²) in [6.45, 7) is 15.3. The number of nitrogens with zero attached hydrogens (tertiary/aromatic N) is 1. The zero-order valence-corrected chi connectivity index (χ0v) is 27.1. The summed E-state index contributed by atoms with van der Waals surface area (Å²) < 4.78 is 33.0. The van der Waals surface area contributed by atoms with E-state index in [2.05, 4.69) is 38.8 Å². The van der Waals surface area contributed by atoms with Crippen LogP contribution < -0.4 is 10.3 Å². The van der Waals surface area contributed by atoms with E-state index in [0.29, 0.717) is 10.9 Å². The number of carboxylic acid groups (broad SMARTS) is 1. The number of rotatable bonds is 9. The summed E-state index contributed by atoms with van der Waals surface area (Å²) in [7, 11) is -1.29. The number of phenolic OH excluding ortho intramolecular Hbond substituents is 1. The third-order valence-corrected chi connectivity index (χ3v) is 12.0. The minimum absolute atomic E-state index is 0.0636. The third kappa shape index (κ3) is 7.74. The van der Waals surface area contributed by atoms with Crippen LogP contribution in [-0.4, -0.2) is 59.7 Å². The van der Waals surface area contributed by atoms with Crippen molar-refractivity contribution in [3.05, 3.63) is 69.3 Å². The van der Waals surface area contributed by atoms with Crippen molar-refractivity contribution < 1.29 is 38.1 Å². The van der Waals surface area contributed by atoms with Crippen molar-refractivity contribution in [2.45, 2.75) is 77.9 Å². The Hall–Kier alpha value is -3.90. The number of phenols is 1. The number of pyridine rings is 1. The van der Waals surface area contributed by atoms with Crippen LogP contribution in [0.25, 0.3) is 10.9 Å². The number of nitrogens with one attached hydrogen (secondary N) is 1. The monoisotopic (exact) mass is 616 g/mol. The fourth-order valence-corrected chi connectivity index (χ4v) is 5.58. The van der Waals surface area contributed by atoms with Crippen LogP contribution in [0.2, 0.25) is 18.1 Å². The van der Waals surface area contributed by atoms with E-state index in [0.717, 1.165) is 6.07 Å². The number of aromatic nitrogens is 1. The highest BCUT2D eigenvalue weighted by molar-refractivity contribution is 6.74. The average molecular weight is 617 g/mol. The number of H-pyrrole nitrogens is 1. The Bertz CT molecular complexity index is 1570. The van der Waals surface area contributed by atoms with E-state index in [1.54, 1.807) is 32.9 Å². The topological polar surface area (TPSA) is 138 Å². The van der Waals surface area contributed by atoms with Gasteiger partial charge in [0.25, 0.3) is 0 Å². The Labute approximate surface area is 251 Å². The lowest BCUT2D eigenvalue weighted by Crippen LogP contribution is -2.45. The van der Waals surface area contributed by atoms with E-state index in [1.165, 1.54) is 30.2 Å². The number of carbonyl (C=O) groups excluding carboxylic acids is 1. The van der Waals surface area contributed by atoms with E-state index < -0.39 is 49.0 Å². The number of hydrogen-bond acceptors (Lipinski definition) is 7. The molecular weight excluding hydrogens is 575 g/mol. The Morgan fingerprint density at radius 1 is 1.05 bits per heavy atom. The lowest BCUT2D eigenvalue weighted by molar-refractivity contribution is 0.0135. The van der Waals surface area contributed by atoms with Crippen LogP contribution >= 0.6 is 0 Å². The molecule has 0 aliphatic carbocycles. The lowest BCUT2D eigenvalue weighted by Gasteiger charge is -2.41. The Morgan fingerprint density at radius 3 is 2.26 bits per heavy atom. The number of fused-ring (bicyclic) bond motifs is 1. The normalized spacial score (nSPS) is 13.1. The molecule has 12 heteroatoms. The van der Waals surface area contributed by atoms with E-state index in [9.17, 15) is 24.6 Å². The molecule has 234 valence electrons. The van der Waals surface area contributed by atoms with Crippen LogP contribution in [0.1, 0.15) is 69.1 Å². The van der Waals surface area contributed by atoms with E-state index >= 15 is 4.39 Å². The standard InChI is InChI=1S/C31H41FN2O8Si/c1-30(2,3)41-29(39)34(16-18-10-11-21(28(37)38)25(32)27(18)40-7)17-23(42-43(8,9)31(4,5)6)19-12-14-22(35)26-20(19)13-15-24(36)33-26/h10-15,23,35H,16-17H2,1-9H3,(H,33,36)(H,37,38)/t23-/m0/s1. The predicted octanol–water partition coefficient (Wildman–Crippen LogP) is 6.58. The number of hydrogen-bond donors (Lipinski definition) is 3. The molecule has 0 saturated heterocycles. The summed E-state index contributed by atoms with van der Waals surface area (Å²) in [6, 6.07) is 8.59. The molecule has 10 nitrogen and oxygen atoms in total. The number of carbonyl (C=O) groups is 2. The maximum Gasteiger partial charge on any atom is 0.410 e. The molecule has 43 heavy (non-hydrogen) atoms. The van der Waals surface area contributed by atoms with Crippen molar-refractivity contribution in [1.29, 1.82) is 0 Å². The van der Waals surface area contributed by atoms with Gasteiger partial charge in [0, 0.05) is 17.0 Å². The fraction of sp³-hybridized carbons (Fsp3) is 0.452. The zero-order chi connectivity index (χ0) is 32.5. The van der Waals surface area contributed by atoms with Gasteiger partial charge in [0.15, 0.2) is 19.9 Å². The van der Waals surface area contributed by atoms with Crippen molar-refractivity contribution in [3.63, 3.8) is 0 Å². The van der Waals surface area contributed by atoms with Gasteiger partial charge in [-0.1, -0.05) is 32.9 Å². The van der Waals surface area contributed by atoms with Crippen LogP contribution in [0.15, 0.2) is 41.2 Å². The maximum absolute atomic E-state index is 15.1. The quantitative estimate of drug-likeness (QED) is 0.229. The fourth-order valence-electron chi connectivity index (χ4n) is 4.31. The first-order valence-electron chi connectivity index (χ1n) is 13.8. The molecule has 1 amide bonds. The average Bonchev–Trinajstić information content (AvgIpc) is 2.86. The molecule has 3 N–H and O–H groups in total. The van der Waals surface area contributed by atoms with Crippen LogP contribution in [-0.2, 0) is 15.7 Å². The van der Waals surface area contributed by atoms with Gasteiger partial charge in [0.2, 0.25) is 5.56 Å². The van der Waals surface area contributed by atoms with Crippen LogP contribution in [0.3, 0.4) is 0 Å². The molecule has 0 aliphatic heterocycles. The smallest absolute Gasteiger partial charge is 0.410 e. The predicted molar refractivity (Wildman–Crippen MR) is 164 cm³/mol. The van der Waals surface area contributed by atoms with Crippen molar-refractivity contribution in [3.8, 4) is 11.5 Å². The molecule has 1 atom stereocenters. The highest BCUT2D eigenvalue weighted by Gasteiger charge is 2.41. The maximum atomic E-state index is 15.1. The number of ether oxygens (including phenoxy) is 2. The molecule has 0 spiro atoms. The molecule has 3 rings (SSSR count). The summed E-state index contributed by atoms with van der Waals surface area (Å²) in [5.74, 6) is -2.93. The molecule has 0 fully saturated rings. The van der Waals surface area contributed by atoms with Crippen LogP contribution in [0.4, 0.5) is 9.18 Å². The van der Waals surface area contributed by atoms with E-state index in [-0.39, 0.29) is 40.7 Å². The lowest BCUT2D eigenvalue weighted by atomic mass is 10.0. The second-order valence-electron chi connectivity index (χ2n) is 12.9. The van der Waals surface area contributed by atoms with Crippen LogP contribution in [0.5, 0.6) is 11.5 Å². The number of aromatic amines is 1. The number of carboxylic acids is 1. The second-order valence-corrected chi connectivity index (χ2v) is 17.7. The SMILES string of the molecule is COc1c(CN(C[C@H](O[Si](C)(C)C(C)(C)C)c2ccc(O)c3[nH]c(=O)ccc23)C(=O)OC(C)(C)C)ccc(C(=O)O)c1F. The highest BCUT2D eigenvalue weighted by atomic mass is 28.4. The first-order valence-corrected chi connectivity index (χ1v) is 16.8. The van der Waals surface area contributed by atoms with Crippen LogP contribution in [0, 0.1) is 5.82 Å². The largest absolute Gasteiger partial charge is 0.506 e. The second kappa shape index (κ2) is 12.4. The molecule has 0 radical (unpaired) electrons. The highest BCUT2D eigenvalue weighted by Crippen LogP contribution is 2.42. The van der Waals surface area contributed by atoms with E-state index in [1.807, 2.05) is 0 Å². The van der Waals surface area contributed by atoms with Gasteiger partial charge in [0.05, 0.1) is 37.4 Å². The van der Waals surface area contributed by atoms with Gasteiger partial charge in [0.1, 0.15) is 11.4 Å². The van der Waals surface area contributed by atoms with Crippen molar-refractivity contribution in [2.24, 2.45) is 0 Å². The molecule has 0 unspecified atom stereocenters. The number of benzene rings is 2. The summed E-state index contributed by atoms with van der Waals surface area (Å²) >= 11 is 0. The molecule has 2 aromatic carbocycles. The molecular formula is C31H41FN2O8Si. The number of aromatic carboxylic acids is 1. The number of amides is 1. The van der Waals surface area contributed by atoms with Crippen molar-refractivity contribution in [2.75, 3.05) is 13.7 Å². The Morgan fingerprint density at radius 2 is 1.70 bits per heavy atom. The number of methoxy groups -OCH3 is 1. The summed E-state index contributed by atoms with van der Waals surface area (Å²) in [5, 5.41) is 20.2. The first kappa shape index (κ1) is 33.6. The van der Waals surface area contributed by atoms with Gasteiger partial charge in [-0.05, 0) is 62.7 Å². The Balaban J connectivity index is 2.21. The van der Waals surface area contributed by atoms with Gasteiger partial charge in [-0.3, -0.25) is 4.79 Å². The van der Waals surface area contributed by atoms with Gasteiger partial charge in [-0.25, -0.2) is 14.0 Å². The minimum atomic E-state index is -2.51. The third-order valence-electron chi connectivity index (χ3n) is 7.51. The molecule has 0 bridgehead atoms. The van der Waals surface area contributed by atoms with Crippen molar-refractivity contribution >= 4 is 31.3 Å². The van der Waals surface area contributed by atoms with Crippen molar-refractivity contribution in [1.82, 2.24) is 9.88 Å². The summed E-state index contributed by atoms with van der Waals surface area (Å²) in [5.41, 5.74) is -0.753. The van der Waals surface area contributed by atoms with Gasteiger partial charge in [-0.2, -0.15) is 0 Å². The molecule has 3 aromatic rings. The number of halogens is 1. The number of aromatic hydroxyl groups is 1. The molecule has 0 saturated carbocycles. The van der Waals surface area contributed by atoms with E-state index in [4.69, 9.17) is 13.9 Å². The molecule has 1 heterocycles. The van der Waals surface area contributed by atoms with Gasteiger partial charge in [-0.15, -0.1) is 0 Å².